The van der Waals surface area contributed by atoms with Crippen LogP contribution in [0.4, 0.5) is 0 Å². The second-order valence-electron chi connectivity index (χ2n) is 7.88. The molecule has 0 aliphatic carbocycles. The number of rotatable bonds is 5. The van der Waals surface area contributed by atoms with E-state index in [1.165, 1.54) is 0 Å². The molecule has 5 rings (SSSR count). The number of hydrogen-bond donors (Lipinski definition) is 0. The van der Waals surface area contributed by atoms with Crippen LogP contribution in [0.2, 0.25) is 0 Å². The Hall–Kier alpha value is -4.69. The van der Waals surface area contributed by atoms with Crippen molar-refractivity contribution in [3.05, 3.63) is 108 Å². The first-order valence-electron chi connectivity index (χ1n) is 10.8. The zero-order chi connectivity index (χ0) is 23.5. The summed E-state index contributed by atoms with van der Waals surface area (Å²) >= 11 is 0. The average Bonchev–Trinajstić information content (AvgIpc) is 2.90. The number of pyridine rings is 1. The minimum absolute atomic E-state index is 0.119. The fourth-order valence-corrected chi connectivity index (χ4v) is 3.90. The normalized spacial score (nSPS) is 10.7. The van der Waals surface area contributed by atoms with E-state index in [0.29, 0.717) is 16.8 Å². The van der Waals surface area contributed by atoms with Gasteiger partial charge in [-0.3, -0.25) is 0 Å². The van der Waals surface area contributed by atoms with Gasteiger partial charge in [-0.05, 0) is 58.8 Å². The smallest absolute Gasteiger partial charge is 0.339 e. The van der Waals surface area contributed by atoms with Crippen LogP contribution in [0.3, 0.4) is 0 Å². The SMILES string of the molecule is COc1ccc2cc(-c3cc(C(=O)OCc4ccc(C#N)cc4)c4ccccc4n3)ccc2c1. The van der Waals surface area contributed by atoms with Crippen molar-refractivity contribution in [1.82, 2.24) is 4.98 Å². The standard InChI is InChI=1S/C29H20N2O3/c1-33-24-13-12-21-14-23(11-10-22(21)15-24)28-16-26(25-4-2-3-5-27(25)31-28)29(32)34-18-20-8-6-19(17-30)7-9-20/h2-16H,18H2,1H3. The summed E-state index contributed by atoms with van der Waals surface area (Å²) < 4.78 is 10.9. The van der Waals surface area contributed by atoms with E-state index in [1.807, 2.05) is 54.6 Å². The van der Waals surface area contributed by atoms with Gasteiger partial charge >= 0.3 is 5.97 Å². The van der Waals surface area contributed by atoms with Crippen molar-refractivity contribution in [2.45, 2.75) is 6.61 Å². The molecule has 34 heavy (non-hydrogen) atoms. The van der Waals surface area contributed by atoms with Crippen molar-refractivity contribution in [2.75, 3.05) is 7.11 Å². The molecule has 0 radical (unpaired) electrons. The van der Waals surface area contributed by atoms with E-state index in [1.54, 1.807) is 37.4 Å². The second kappa shape index (κ2) is 9.05. The van der Waals surface area contributed by atoms with Gasteiger partial charge < -0.3 is 9.47 Å². The predicted octanol–water partition coefficient (Wildman–Crippen LogP) is 6.29. The summed E-state index contributed by atoms with van der Waals surface area (Å²) in [6, 6.07) is 30.4. The summed E-state index contributed by atoms with van der Waals surface area (Å²) in [4.78, 5) is 17.9. The van der Waals surface area contributed by atoms with Crippen LogP contribution in [-0.4, -0.2) is 18.1 Å². The number of nitriles is 1. The highest BCUT2D eigenvalue weighted by molar-refractivity contribution is 6.04. The molecule has 0 N–H and O–H groups in total. The predicted molar refractivity (Wildman–Crippen MR) is 132 cm³/mol. The molecule has 0 atom stereocenters. The number of para-hydroxylation sites is 1. The fourth-order valence-electron chi connectivity index (χ4n) is 3.90. The van der Waals surface area contributed by atoms with Crippen molar-refractivity contribution in [3.8, 4) is 23.1 Å². The highest BCUT2D eigenvalue weighted by Gasteiger charge is 2.16. The van der Waals surface area contributed by atoms with E-state index < -0.39 is 5.97 Å². The van der Waals surface area contributed by atoms with Crippen molar-refractivity contribution in [1.29, 1.82) is 5.26 Å². The van der Waals surface area contributed by atoms with Crippen LogP contribution < -0.4 is 4.74 Å². The third-order valence-corrected chi connectivity index (χ3v) is 5.73. The van der Waals surface area contributed by atoms with Crippen LogP contribution in [0.1, 0.15) is 21.5 Å². The lowest BCUT2D eigenvalue weighted by atomic mass is 10.0. The van der Waals surface area contributed by atoms with Gasteiger partial charge in [-0.1, -0.05) is 48.5 Å². The topological polar surface area (TPSA) is 72.2 Å². The van der Waals surface area contributed by atoms with Gasteiger partial charge in [0.15, 0.2) is 0 Å². The van der Waals surface area contributed by atoms with Gasteiger partial charge in [-0.15, -0.1) is 0 Å². The van der Waals surface area contributed by atoms with Crippen molar-refractivity contribution < 1.29 is 14.3 Å². The zero-order valence-electron chi connectivity index (χ0n) is 18.5. The van der Waals surface area contributed by atoms with E-state index in [2.05, 4.69) is 12.1 Å². The summed E-state index contributed by atoms with van der Waals surface area (Å²) in [5.74, 6) is 0.381. The molecule has 0 saturated carbocycles. The first-order valence-corrected chi connectivity index (χ1v) is 10.8. The van der Waals surface area contributed by atoms with Crippen molar-refractivity contribution in [2.24, 2.45) is 0 Å². The van der Waals surface area contributed by atoms with Crippen LogP contribution in [0.15, 0.2) is 91.0 Å². The third-order valence-electron chi connectivity index (χ3n) is 5.73. The Balaban J connectivity index is 1.50. The number of methoxy groups -OCH3 is 1. The van der Waals surface area contributed by atoms with Crippen molar-refractivity contribution in [3.63, 3.8) is 0 Å². The number of fused-ring (bicyclic) bond motifs is 2. The molecular weight excluding hydrogens is 424 g/mol. The van der Waals surface area contributed by atoms with Gasteiger partial charge in [0.25, 0.3) is 0 Å². The minimum atomic E-state index is -0.422. The van der Waals surface area contributed by atoms with Gasteiger partial charge in [-0.25, -0.2) is 9.78 Å². The Labute approximate surface area is 196 Å². The number of aromatic nitrogens is 1. The van der Waals surface area contributed by atoms with E-state index in [9.17, 15) is 4.79 Å². The number of ether oxygens (including phenoxy) is 2. The molecule has 0 saturated heterocycles. The Bertz CT molecular complexity index is 1570. The monoisotopic (exact) mass is 444 g/mol. The number of carbonyl (C=O) groups is 1. The molecule has 1 aromatic heterocycles. The van der Waals surface area contributed by atoms with E-state index >= 15 is 0 Å². The van der Waals surface area contributed by atoms with Crippen LogP contribution in [0.25, 0.3) is 32.9 Å². The molecule has 0 aliphatic heterocycles. The van der Waals surface area contributed by atoms with Crippen molar-refractivity contribution >= 4 is 27.6 Å². The number of nitrogens with zero attached hydrogens (tertiary/aromatic N) is 2. The molecular formula is C29H20N2O3. The summed E-state index contributed by atoms with van der Waals surface area (Å²) in [7, 11) is 1.65. The third kappa shape index (κ3) is 4.17. The lowest BCUT2D eigenvalue weighted by Crippen LogP contribution is -2.07. The van der Waals surface area contributed by atoms with Gasteiger partial charge in [0.1, 0.15) is 12.4 Å². The molecule has 5 heteroatoms. The summed E-state index contributed by atoms with van der Waals surface area (Å²) in [6.07, 6.45) is 0. The lowest BCUT2D eigenvalue weighted by Gasteiger charge is -2.11. The summed E-state index contributed by atoms with van der Waals surface area (Å²) in [5, 5.41) is 11.8. The molecule has 0 spiro atoms. The van der Waals surface area contributed by atoms with E-state index in [-0.39, 0.29) is 6.61 Å². The molecule has 5 nitrogen and oxygen atoms in total. The molecule has 164 valence electrons. The average molecular weight is 444 g/mol. The molecule has 5 aromatic rings. The van der Waals surface area contributed by atoms with Crippen LogP contribution in [0, 0.1) is 11.3 Å². The summed E-state index contributed by atoms with van der Waals surface area (Å²) in [5.41, 5.74) is 4.17. The molecule has 4 aromatic carbocycles. The maximum atomic E-state index is 13.1. The highest BCUT2D eigenvalue weighted by atomic mass is 16.5. The molecule has 0 bridgehead atoms. The molecule has 1 heterocycles. The maximum Gasteiger partial charge on any atom is 0.339 e. The van der Waals surface area contributed by atoms with Crippen LogP contribution in [-0.2, 0) is 11.3 Å². The quantitative estimate of drug-likeness (QED) is 0.298. The first-order chi connectivity index (χ1) is 16.6. The highest BCUT2D eigenvalue weighted by Crippen LogP contribution is 2.29. The molecule has 0 unspecified atom stereocenters. The van der Waals surface area contributed by atoms with Gasteiger partial charge in [0.05, 0.1) is 35.5 Å². The zero-order valence-corrected chi connectivity index (χ0v) is 18.5. The number of benzene rings is 4. The second-order valence-corrected chi connectivity index (χ2v) is 7.88. The Morgan fingerprint density at radius 3 is 2.47 bits per heavy atom. The number of hydrogen-bond acceptors (Lipinski definition) is 5. The summed E-state index contributed by atoms with van der Waals surface area (Å²) in [6.45, 7) is 0.119. The largest absolute Gasteiger partial charge is 0.497 e. The van der Waals surface area contributed by atoms with E-state index in [0.717, 1.165) is 38.6 Å². The first kappa shape index (κ1) is 21.2. The Kier molecular flexibility index (Phi) is 5.63. The molecule has 0 aliphatic rings. The Morgan fingerprint density at radius 2 is 1.68 bits per heavy atom. The van der Waals surface area contributed by atoms with E-state index in [4.69, 9.17) is 19.7 Å². The van der Waals surface area contributed by atoms with Gasteiger partial charge in [0.2, 0.25) is 0 Å². The van der Waals surface area contributed by atoms with Gasteiger partial charge in [0, 0.05) is 10.9 Å². The number of carbonyl (C=O) groups excluding carboxylic acids is 1. The Morgan fingerprint density at radius 1 is 0.912 bits per heavy atom. The maximum absolute atomic E-state index is 13.1. The minimum Gasteiger partial charge on any atom is -0.497 e. The van der Waals surface area contributed by atoms with Crippen LogP contribution >= 0.6 is 0 Å². The number of esters is 1. The fraction of sp³-hybridized carbons (Fsp3) is 0.0690. The molecule has 0 amide bonds. The van der Waals surface area contributed by atoms with Gasteiger partial charge in [-0.2, -0.15) is 5.26 Å². The molecule has 0 fully saturated rings. The van der Waals surface area contributed by atoms with Crippen LogP contribution in [0.5, 0.6) is 5.75 Å². The lowest BCUT2D eigenvalue weighted by molar-refractivity contribution is 0.0475.